The van der Waals surface area contributed by atoms with E-state index in [9.17, 15) is 9.59 Å². The van der Waals surface area contributed by atoms with Crippen LogP contribution in [0.5, 0.6) is 0 Å². The molecule has 2 saturated heterocycles. The van der Waals surface area contributed by atoms with Gasteiger partial charge >= 0.3 is 0 Å². The number of fused-ring (bicyclic) bond motifs is 2. The van der Waals surface area contributed by atoms with Crippen LogP contribution in [0, 0.1) is 5.92 Å². The fraction of sp³-hybridized carbons (Fsp3) is 0.467. The van der Waals surface area contributed by atoms with E-state index in [0.717, 1.165) is 60.4 Å². The number of ether oxygens (including phenoxy) is 1. The molecule has 9 heteroatoms. The third-order valence-corrected chi connectivity index (χ3v) is 8.34. The number of carbonyl (C=O) groups is 2. The lowest BCUT2D eigenvalue weighted by atomic mass is 9.83. The summed E-state index contributed by atoms with van der Waals surface area (Å²) in [5, 5.41) is 17.4. The van der Waals surface area contributed by atoms with Crippen LogP contribution in [0.3, 0.4) is 0 Å². The van der Waals surface area contributed by atoms with Crippen LogP contribution < -0.4 is 9.80 Å². The largest absolute Gasteiger partial charge is 0.396 e. The maximum absolute atomic E-state index is 14.2. The highest BCUT2D eigenvalue weighted by Gasteiger charge is 2.59. The summed E-state index contributed by atoms with van der Waals surface area (Å²) in [6.45, 7) is 3.94. The van der Waals surface area contributed by atoms with Crippen molar-refractivity contribution in [3.63, 3.8) is 0 Å². The van der Waals surface area contributed by atoms with Gasteiger partial charge in [0.25, 0.3) is 5.91 Å². The van der Waals surface area contributed by atoms with Gasteiger partial charge < -0.3 is 19.6 Å². The second kappa shape index (κ2) is 10.5. The van der Waals surface area contributed by atoms with E-state index in [0.29, 0.717) is 25.9 Å². The molecule has 3 aliphatic heterocycles. The highest BCUT2D eigenvalue weighted by Crippen LogP contribution is 2.53. The number of aliphatic hydroxyl groups excluding tert-OH is 1. The molecule has 39 heavy (non-hydrogen) atoms. The fourth-order valence-corrected chi connectivity index (χ4v) is 6.40. The molecule has 6 rings (SSSR count). The Kier molecular flexibility index (Phi) is 6.95. The van der Waals surface area contributed by atoms with Crippen LogP contribution in [0.15, 0.2) is 54.7 Å². The number of carbonyl (C=O) groups excluding carboxylic acids is 2. The minimum atomic E-state index is -1.01. The number of para-hydroxylation sites is 1. The molecule has 2 aromatic carbocycles. The van der Waals surface area contributed by atoms with E-state index in [4.69, 9.17) is 9.84 Å². The van der Waals surface area contributed by atoms with Crippen molar-refractivity contribution in [2.75, 3.05) is 23.0 Å². The number of aromatic nitrogens is 3. The van der Waals surface area contributed by atoms with E-state index in [1.54, 1.807) is 4.68 Å². The van der Waals surface area contributed by atoms with E-state index in [1.807, 2.05) is 64.5 Å². The predicted molar refractivity (Wildman–Crippen MR) is 146 cm³/mol. The molecule has 3 aromatic rings. The summed E-state index contributed by atoms with van der Waals surface area (Å²) in [5.74, 6) is 0.151. The monoisotopic (exact) mass is 529 g/mol. The van der Waals surface area contributed by atoms with Crippen LogP contribution >= 0.6 is 0 Å². The lowest BCUT2D eigenvalue weighted by Gasteiger charge is -2.29. The Bertz CT molecular complexity index is 1370. The summed E-state index contributed by atoms with van der Waals surface area (Å²) < 4.78 is 8.47. The molecular weight excluding hydrogens is 494 g/mol. The SMILES string of the molecule is C[C@H]1C[C@@H](CCn2cc(CCO)nn2)O[C@]12C(=O)N(Cc1cccc(N3CCCCC3=O)c1)c1ccccc12. The van der Waals surface area contributed by atoms with E-state index in [2.05, 4.69) is 17.2 Å². The predicted octanol–water partition coefficient (Wildman–Crippen LogP) is 3.59. The van der Waals surface area contributed by atoms with Crippen LogP contribution in [0.4, 0.5) is 11.4 Å². The quantitative estimate of drug-likeness (QED) is 0.479. The zero-order chi connectivity index (χ0) is 27.0. The number of aryl methyl sites for hydroxylation is 1. The molecule has 2 amide bonds. The molecule has 4 heterocycles. The highest BCUT2D eigenvalue weighted by atomic mass is 16.5. The van der Waals surface area contributed by atoms with Crippen LogP contribution in [0.1, 0.15) is 55.8 Å². The smallest absolute Gasteiger partial charge is 0.264 e. The van der Waals surface area contributed by atoms with Crippen LogP contribution in [-0.2, 0) is 39.4 Å². The number of rotatable bonds is 8. The molecule has 0 aliphatic carbocycles. The first-order valence-electron chi connectivity index (χ1n) is 14.0. The van der Waals surface area contributed by atoms with Crippen molar-refractivity contribution in [1.82, 2.24) is 15.0 Å². The minimum Gasteiger partial charge on any atom is -0.396 e. The number of anilines is 2. The van der Waals surface area contributed by atoms with Gasteiger partial charge in [0.05, 0.1) is 24.0 Å². The lowest BCUT2D eigenvalue weighted by molar-refractivity contribution is -0.146. The number of hydrogen-bond donors (Lipinski definition) is 1. The van der Waals surface area contributed by atoms with Gasteiger partial charge in [-0.15, -0.1) is 5.10 Å². The Morgan fingerprint density at radius 2 is 2.00 bits per heavy atom. The van der Waals surface area contributed by atoms with Gasteiger partial charge in [0.15, 0.2) is 5.60 Å². The third-order valence-electron chi connectivity index (χ3n) is 8.34. The molecular formula is C30H35N5O4. The van der Waals surface area contributed by atoms with Gasteiger partial charge in [0.1, 0.15) is 0 Å². The minimum absolute atomic E-state index is 0.0131. The second-order valence-corrected chi connectivity index (χ2v) is 10.9. The fourth-order valence-electron chi connectivity index (χ4n) is 6.40. The lowest BCUT2D eigenvalue weighted by Crippen LogP contribution is -2.43. The van der Waals surface area contributed by atoms with Gasteiger partial charge in [-0.05, 0) is 49.4 Å². The Labute approximate surface area is 228 Å². The van der Waals surface area contributed by atoms with Crippen molar-refractivity contribution in [2.45, 2.75) is 70.2 Å². The average molecular weight is 530 g/mol. The van der Waals surface area contributed by atoms with Crippen molar-refractivity contribution in [3.05, 3.63) is 71.5 Å². The first-order valence-corrected chi connectivity index (χ1v) is 14.0. The summed E-state index contributed by atoms with van der Waals surface area (Å²) >= 11 is 0. The Morgan fingerprint density at radius 3 is 2.85 bits per heavy atom. The topological polar surface area (TPSA) is 101 Å². The number of benzene rings is 2. The van der Waals surface area contributed by atoms with Gasteiger partial charge in [0.2, 0.25) is 5.91 Å². The molecule has 0 unspecified atom stereocenters. The summed E-state index contributed by atoms with van der Waals surface area (Å²) in [6.07, 6.45) is 6.28. The van der Waals surface area contributed by atoms with Gasteiger partial charge in [-0.25, -0.2) is 0 Å². The van der Waals surface area contributed by atoms with Crippen molar-refractivity contribution in [1.29, 1.82) is 0 Å². The zero-order valence-electron chi connectivity index (χ0n) is 22.3. The first kappa shape index (κ1) is 25.7. The number of hydrogen-bond acceptors (Lipinski definition) is 6. The van der Waals surface area contributed by atoms with Crippen molar-refractivity contribution in [2.24, 2.45) is 5.92 Å². The number of piperidine rings is 1. The van der Waals surface area contributed by atoms with Crippen molar-refractivity contribution >= 4 is 23.2 Å². The molecule has 1 N–H and O–H groups in total. The van der Waals surface area contributed by atoms with Gasteiger partial charge in [0, 0.05) is 55.9 Å². The Hall–Kier alpha value is -3.56. The van der Waals surface area contributed by atoms with Crippen LogP contribution in [-0.4, -0.2) is 51.2 Å². The molecule has 1 spiro atoms. The Morgan fingerprint density at radius 1 is 1.13 bits per heavy atom. The van der Waals surface area contributed by atoms with Gasteiger partial charge in [-0.3, -0.25) is 14.3 Å². The molecule has 9 nitrogen and oxygen atoms in total. The molecule has 1 aromatic heterocycles. The molecule has 3 aliphatic rings. The maximum atomic E-state index is 14.2. The zero-order valence-corrected chi connectivity index (χ0v) is 22.3. The second-order valence-electron chi connectivity index (χ2n) is 10.9. The van der Waals surface area contributed by atoms with Gasteiger partial charge in [-0.1, -0.05) is 42.5 Å². The molecule has 204 valence electrons. The molecule has 0 saturated carbocycles. The first-order chi connectivity index (χ1) is 19.0. The highest BCUT2D eigenvalue weighted by molar-refractivity contribution is 6.07. The molecule has 0 bridgehead atoms. The van der Waals surface area contributed by atoms with Crippen molar-refractivity contribution < 1.29 is 19.4 Å². The number of aliphatic hydroxyl groups is 1. The molecule has 0 radical (unpaired) electrons. The van der Waals surface area contributed by atoms with E-state index in [-0.39, 0.29) is 30.4 Å². The van der Waals surface area contributed by atoms with Crippen LogP contribution in [0.2, 0.25) is 0 Å². The number of amides is 2. The van der Waals surface area contributed by atoms with Gasteiger partial charge in [-0.2, -0.15) is 0 Å². The summed E-state index contributed by atoms with van der Waals surface area (Å²) in [4.78, 5) is 30.4. The molecule has 3 atom stereocenters. The number of nitrogens with zero attached hydrogens (tertiary/aromatic N) is 5. The Balaban J connectivity index is 1.22. The third kappa shape index (κ3) is 4.63. The van der Waals surface area contributed by atoms with E-state index < -0.39 is 5.60 Å². The molecule has 2 fully saturated rings. The summed E-state index contributed by atoms with van der Waals surface area (Å²) in [7, 11) is 0. The van der Waals surface area contributed by atoms with E-state index in [1.165, 1.54) is 0 Å². The van der Waals surface area contributed by atoms with Crippen LogP contribution in [0.25, 0.3) is 0 Å². The summed E-state index contributed by atoms with van der Waals surface area (Å²) in [5.41, 5.74) is 3.45. The standard InChI is InChI=1S/C30H35N5O4/c1-21-17-25(12-15-33-20-23(13-16-36)31-32-33)39-30(21)26-9-2-3-10-27(26)35(29(30)38)19-22-7-6-8-24(18-22)34-14-5-4-11-28(34)37/h2-3,6-10,18,20-21,25,36H,4-5,11-17,19H2,1H3/t21-,25+,30+/m0/s1. The average Bonchev–Trinajstić information content (AvgIpc) is 3.60. The van der Waals surface area contributed by atoms with E-state index >= 15 is 0 Å². The maximum Gasteiger partial charge on any atom is 0.264 e. The normalized spacial score (nSPS) is 24.7. The summed E-state index contributed by atoms with van der Waals surface area (Å²) in [6, 6.07) is 16.0. The van der Waals surface area contributed by atoms with Crippen molar-refractivity contribution in [3.8, 4) is 0 Å².